The number of nitrogens with zero attached hydrogens (tertiary/aromatic N) is 3. The lowest BCUT2D eigenvalue weighted by Crippen LogP contribution is -2.49. The summed E-state index contributed by atoms with van der Waals surface area (Å²) in [5.41, 5.74) is 2.92. The van der Waals surface area contributed by atoms with Crippen molar-refractivity contribution in [2.75, 3.05) is 31.1 Å². The number of carbonyl (C=O) groups excluding carboxylic acids is 1. The number of aromatic nitrogens is 1. The first-order valence-corrected chi connectivity index (χ1v) is 11.1. The molecular weight excluding hydrogens is 374 g/mol. The van der Waals surface area contributed by atoms with Crippen LogP contribution in [0, 0.1) is 12.8 Å². The van der Waals surface area contributed by atoms with Crippen molar-refractivity contribution < 1.29 is 13.2 Å². The molecule has 28 heavy (non-hydrogen) atoms. The predicted octanol–water partition coefficient (Wildman–Crippen LogP) is 2.20. The Balaban J connectivity index is 1.53. The molecule has 6 nitrogen and oxygen atoms in total. The number of hydrogen-bond acceptors (Lipinski definition) is 5. The molecule has 0 saturated carbocycles. The summed E-state index contributed by atoms with van der Waals surface area (Å²) >= 11 is 0. The zero-order valence-corrected chi connectivity index (χ0v) is 17.1. The minimum atomic E-state index is -3.57. The van der Waals surface area contributed by atoms with Gasteiger partial charge < -0.3 is 4.90 Å². The highest BCUT2D eigenvalue weighted by Gasteiger charge is 2.34. The molecule has 0 bridgehead atoms. The second kappa shape index (κ2) is 7.29. The van der Waals surface area contributed by atoms with Gasteiger partial charge in [-0.15, -0.1) is 0 Å². The Labute approximate surface area is 166 Å². The topological polar surface area (TPSA) is 70.6 Å². The van der Waals surface area contributed by atoms with Crippen molar-refractivity contribution in [1.29, 1.82) is 0 Å². The Morgan fingerprint density at radius 1 is 1.07 bits per heavy atom. The molecule has 1 atom stereocenters. The molecule has 2 heterocycles. The SMILES string of the molecule is CC(=O)[C@@H]1Cc2cccc(S(=O)(=O)N3CCN(c4ccc(C)cn4)CC3)c2C1. The van der Waals surface area contributed by atoms with Gasteiger partial charge in [-0.2, -0.15) is 4.31 Å². The molecule has 0 unspecified atom stereocenters. The highest BCUT2D eigenvalue weighted by molar-refractivity contribution is 7.89. The van der Waals surface area contributed by atoms with E-state index in [0.29, 0.717) is 43.9 Å². The number of hydrogen-bond donors (Lipinski definition) is 0. The summed E-state index contributed by atoms with van der Waals surface area (Å²) in [5.74, 6) is 0.905. The maximum Gasteiger partial charge on any atom is 0.243 e. The number of anilines is 1. The van der Waals surface area contributed by atoms with Crippen molar-refractivity contribution in [3.8, 4) is 0 Å². The van der Waals surface area contributed by atoms with Crippen molar-refractivity contribution in [2.45, 2.75) is 31.6 Å². The predicted molar refractivity (Wildman–Crippen MR) is 108 cm³/mol. The Kier molecular flexibility index (Phi) is 4.97. The van der Waals surface area contributed by atoms with Gasteiger partial charge in [0.05, 0.1) is 4.90 Å². The minimum Gasteiger partial charge on any atom is -0.354 e. The monoisotopic (exact) mass is 399 g/mol. The molecule has 0 spiro atoms. The largest absolute Gasteiger partial charge is 0.354 e. The molecule has 1 fully saturated rings. The number of carbonyl (C=O) groups is 1. The standard InChI is InChI=1S/C21H25N3O3S/c1-15-6-7-21(22-14-15)23-8-10-24(11-9-23)28(26,27)20-5-3-4-17-12-18(16(2)25)13-19(17)20/h3-7,14,18H,8-13H2,1-2H3/t18-/m1/s1. The van der Waals surface area contributed by atoms with Crippen LogP contribution in [0.15, 0.2) is 41.4 Å². The van der Waals surface area contributed by atoms with E-state index in [-0.39, 0.29) is 11.7 Å². The van der Waals surface area contributed by atoms with Crippen LogP contribution in [0.4, 0.5) is 5.82 Å². The van der Waals surface area contributed by atoms with E-state index in [1.807, 2.05) is 31.3 Å². The van der Waals surface area contributed by atoms with Gasteiger partial charge >= 0.3 is 0 Å². The zero-order chi connectivity index (χ0) is 19.9. The van der Waals surface area contributed by atoms with E-state index in [0.717, 1.165) is 22.5 Å². The van der Waals surface area contributed by atoms with Crippen molar-refractivity contribution >= 4 is 21.6 Å². The molecule has 4 rings (SSSR count). The molecule has 1 saturated heterocycles. The van der Waals surface area contributed by atoms with Crippen molar-refractivity contribution in [1.82, 2.24) is 9.29 Å². The summed E-state index contributed by atoms with van der Waals surface area (Å²) < 4.78 is 28.2. The molecule has 148 valence electrons. The molecular formula is C21H25N3O3S. The van der Waals surface area contributed by atoms with Crippen LogP contribution in [0.5, 0.6) is 0 Å². The van der Waals surface area contributed by atoms with Crippen LogP contribution in [0.1, 0.15) is 23.6 Å². The average molecular weight is 400 g/mol. The summed E-state index contributed by atoms with van der Waals surface area (Å²) in [5, 5.41) is 0. The van der Waals surface area contributed by atoms with Crippen LogP contribution in [-0.2, 0) is 27.7 Å². The van der Waals surface area contributed by atoms with Crippen LogP contribution < -0.4 is 4.90 Å². The van der Waals surface area contributed by atoms with E-state index in [4.69, 9.17) is 0 Å². The molecule has 1 aliphatic carbocycles. The van der Waals surface area contributed by atoms with Gasteiger partial charge in [0.1, 0.15) is 11.6 Å². The first kappa shape index (κ1) is 19.1. The van der Waals surface area contributed by atoms with Gasteiger partial charge in [0.2, 0.25) is 10.0 Å². The van der Waals surface area contributed by atoms with E-state index in [1.54, 1.807) is 23.4 Å². The van der Waals surface area contributed by atoms with Gasteiger partial charge in [0.15, 0.2) is 0 Å². The maximum absolute atomic E-state index is 13.3. The third kappa shape index (κ3) is 3.44. The Morgan fingerprint density at radius 2 is 1.82 bits per heavy atom. The molecule has 1 aromatic carbocycles. The van der Waals surface area contributed by atoms with Crippen LogP contribution in [0.2, 0.25) is 0 Å². The van der Waals surface area contributed by atoms with Crippen LogP contribution in [-0.4, -0.2) is 49.7 Å². The van der Waals surface area contributed by atoms with Crippen molar-refractivity contribution in [3.05, 3.63) is 53.2 Å². The highest BCUT2D eigenvalue weighted by Crippen LogP contribution is 2.34. The fourth-order valence-corrected chi connectivity index (χ4v) is 5.79. The smallest absolute Gasteiger partial charge is 0.243 e. The molecule has 1 aromatic heterocycles. The normalized spacial score (nSPS) is 20.2. The van der Waals surface area contributed by atoms with Gasteiger partial charge in [0, 0.05) is 38.3 Å². The quantitative estimate of drug-likeness (QED) is 0.788. The number of fused-ring (bicyclic) bond motifs is 1. The number of piperazine rings is 1. The van der Waals surface area contributed by atoms with E-state index >= 15 is 0 Å². The lowest BCUT2D eigenvalue weighted by Gasteiger charge is -2.35. The van der Waals surface area contributed by atoms with Crippen LogP contribution in [0.25, 0.3) is 0 Å². The van der Waals surface area contributed by atoms with E-state index in [2.05, 4.69) is 9.88 Å². The zero-order valence-electron chi connectivity index (χ0n) is 16.3. The summed E-state index contributed by atoms with van der Waals surface area (Å²) in [6, 6.07) is 9.42. The number of aryl methyl sites for hydroxylation is 1. The number of rotatable bonds is 4. The Bertz CT molecular complexity index is 994. The summed E-state index contributed by atoms with van der Waals surface area (Å²) in [6.07, 6.45) is 2.99. The fourth-order valence-electron chi connectivity index (χ4n) is 4.09. The second-order valence-corrected chi connectivity index (χ2v) is 9.60. The van der Waals surface area contributed by atoms with Crippen molar-refractivity contribution in [2.24, 2.45) is 5.92 Å². The average Bonchev–Trinajstić information content (AvgIpc) is 3.13. The Morgan fingerprint density at radius 3 is 2.46 bits per heavy atom. The molecule has 1 aliphatic heterocycles. The Hall–Kier alpha value is -2.25. The number of ketones is 1. The minimum absolute atomic E-state index is 0.101. The molecule has 0 N–H and O–H groups in total. The maximum atomic E-state index is 13.3. The second-order valence-electron chi connectivity index (χ2n) is 7.69. The number of pyridine rings is 1. The van der Waals surface area contributed by atoms with Crippen molar-refractivity contribution in [3.63, 3.8) is 0 Å². The van der Waals surface area contributed by atoms with Gasteiger partial charge in [0.25, 0.3) is 0 Å². The highest BCUT2D eigenvalue weighted by atomic mass is 32.2. The van der Waals surface area contributed by atoms with Gasteiger partial charge in [-0.25, -0.2) is 13.4 Å². The molecule has 2 aliphatic rings. The lowest BCUT2D eigenvalue weighted by molar-refractivity contribution is -0.120. The lowest BCUT2D eigenvalue weighted by atomic mass is 10.0. The van der Waals surface area contributed by atoms with Gasteiger partial charge in [-0.1, -0.05) is 18.2 Å². The van der Waals surface area contributed by atoms with Gasteiger partial charge in [-0.3, -0.25) is 4.79 Å². The summed E-state index contributed by atoms with van der Waals surface area (Å²) in [4.78, 5) is 18.7. The molecule has 0 radical (unpaired) electrons. The summed E-state index contributed by atoms with van der Waals surface area (Å²) in [7, 11) is -3.57. The van der Waals surface area contributed by atoms with Gasteiger partial charge in [-0.05, 0) is 55.5 Å². The van der Waals surface area contributed by atoms with E-state index in [9.17, 15) is 13.2 Å². The first-order chi connectivity index (χ1) is 13.4. The molecule has 0 amide bonds. The summed E-state index contributed by atoms with van der Waals surface area (Å²) in [6.45, 7) is 5.66. The van der Waals surface area contributed by atoms with E-state index < -0.39 is 10.0 Å². The number of Topliss-reactive ketones (excluding diaryl/α,β-unsaturated/α-hetero) is 1. The van der Waals surface area contributed by atoms with E-state index in [1.165, 1.54) is 0 Å². The third-order valence-electron chi connectivity index (χ3n) is 5.80. The van der Waals surface area contributed by atoms with Crippen LogP contribution in [0.3, 0.4) is 0 Å². The number of benzene rings is 1. The number of sulfonamides is 1. The molecule has 7 heteroatoms. The molecule has 2 aromatic rings. The van der Waals surface area contributed by atoms with Crippen LogP contribution >= 0.6 is 0 Å². The third-order valence-corrected chi connectivity index (χ3v) is 7.78. The fraction of sp³-hybridized carbons (Fsp3) is 0.429. The first-order valence-electron chi connectivity index (χ1n) is 9.65.